The number of carbonyl (C=O) groups excluding carboxylic acids is 2. The van der Waals surface area contributed by atoms with Crippen molar-refractivity contribution >= 4 is 28.5 Å². The molecule has 34 heavy (non-hydrogen) atoms. The Morgan fingerprint density at radius 2 is 1.88 bits per heavy atom. The fourth-order valence-corrected chi connectivity index (χ4v) is 5.86. The molecule has 2 aliphatic rings. The molecule has 2 heterocycles. The van der Waals surface area contributed by atoms with Gasteiger partial charge in [0, 0.05) is 23.8 Å². The number of methoxy groups -OCH3 is 1. The van der Waals surface area contributed by atoms with Crippen molar-refractivity contribution in [3.8, 4) is 5.75 Å². The van der Waals surface area contributed by atoms with Crippen molar-refractivity contribution in [3.63, 3.8) is 0 Å². The van der Waals surface area contributed by atoms with Crippen LogP contribution in [0.2, 0.25) is 0 Å². The maximum atomic E-state index is 14.1. The van der Waals surface area contributed by atoms with Crippen LogP contribution < -0.4 is 9.64 Å². The second-order valence-corrected chi connectivity index (χ2v) is 11.4. The number of ether oxygens (including phenoxy) is 2. The lowest BCUT2D eigenvalue weighted by molar-refractivity contribution is -0.138. The summed E-state index contributed by atoms with van der Waals surface area (Å²) in [5, 5.41) is 0. The Balaban J connectivity index is 1.85. The number of esters is 1. The van der Waals surface area contributed by atoms with E-state index in [0.29, 0.717) is 18.0 Å². The van der Waals surface area contributed by atoms with Gasteiger partial charge in [-0.15, -0.1) is 0 Å². The molecule has 0 radical (unpaired) electrons. The standard InChI is InChI=1S/C26H30N2O5S/c1-6-33-23(29)14-19-16-26(28(19)34(31)25(2,3)4)21-15-20(32-5)12-13-22(21)27(24(26)30)17-18-10-8-7-9-11-18/h7-15H,6,16-17H2,1-5H3/b19-14+/t26-,34?/m0/s1. The first-order chi connectivity index (χ1) is 16.1. The van der Waals surface area contributed by atoms with Crippen molar-refractivity contribution in [1.29, 1.82) is 0 Å². The molecule has 0 aromatic heterocycles. The third-order valence-corrected chi connectivity index (χ3v) is 7.95. The Bertz CT molecular complexity index is 1170. The molecular formula is C26H30N2O5S. The van der Waals surface area contributed by atoms with E-state index in [1.807, 2.05) is 69.3 Å². The zero-order valence-corrected chi connectivity index (χ0v) is 21.0. The Morgan fingerprint density at radius 3 is 2.50 bits per heavy atom. The third-order valence-electron chi connectivity index (χ3n) is 6.03. The normalized spacial score (nSPS) is 21.4. The number of rotatable bonds is 6. The maximum Gasteiger partial charge on any atom is 0.332 e. The molecule has 0 saturated carbocycles. The van der Waals surface area contributed by atoms with Crippen LogP contribution in [0.15, 0.2) is 60.3 Å². The smallest absolute Gasteiger partial charge is 0.332 e. The van der Waals surface area contributed by atoms with Crippen molar-refractivity contribution < 1.29 is 23.3 Å². The molecule has 1 saturated heterocycles. The van der Waals surface area contributed by atoms with Gasteiger partial charge in [-0.05, 0) is 51.5 Å². The van der Waals surface area contributed by atoms with Gasteiger partial charge in [0.2, 0.25) is 0 Å². The molecule has 2 aromatic carbocycles. The average Bonchev–Trinajstić information content (AvgIpc) is 3.02. The van der Waals surface area contributed by atoms with Crippen LogP contribution in [0.5, 0.6) is 5.75 Å². The molecule has 1 fully saturated rings. The summed E-state index contributed by atoms with van der Waals surface area (Å²) in [7, 11) is -0.0296. The van der Waals surface area contributed by atoms with E-state index >= 15 is 0 Å². The Kier molecular flexibility index (Phi) is 6.29. The molecule has 2 aliphatic heterocycles. The fraction of sp³-hybridized carbons (Fsp3) is 0.385. The first kappa shape index (κ1) is 24.0. The zero-order valence-electron chi connectivity index (χ0n) is 20.2. The van der Waals surface area contributed by atoms with Crippen LogP contribution in [0.3, 0.4) is 0 Å². The number of hydrogen-bond acceptors (Lipinski definition) is 5. The largest absolute Gasteiger partial charge is 0.497 e. The van der Waals surface area contributed by atoms with Gasteiger partial charge in [0.15, 0.2) is 5.54 Å². The summed E-state index contributed by atoms with van der Waals surface area (Å²) < 4.78 is 25.3. The Hall–Kier alpha value is -3.13. The van der Waals surface area contributed by atoms with Crippen molar-refractivity contribution in [2.45, 2.75) is 50.9 Å². The fourth-order valence-electron chi connectivity index (χ4n) is 4.46. The molecule has 4 rings (SSSR count). The first-order valence-electron chi connectivity index (χ1n) is 11.3. The average molecular weight is 483 g/mol. The summed E-state index contributed by atoms with van der Waals surface area (Å²) >= 11 is 0. The highest BCUT2D eigenvalue weighted by molar-refractivity contribution is 7.84. The van der Waals surface area contributed by atoms with Gasteiger partial charge < -0.3 is 14.4 Å². The summed E-state index contributed by atoms with van der Waals surface area (Å²) in [6.07, 6.45) is 1.60. The SMILES string of the molecule is CCOC(=O)/C=C1\C[C@]2(C(=O)N(Cc3ccccc3)c3ccc(OC)cc32)N1S(=O)C(C)(C)C. The van der Waals surface area contributed by atoms with Crippen molar-refractivity contribution in [3.05, 3.63) is 71.4 Å². The molecule has 1 unspecified atom stereocenters. The van der Waals surface area contributed by atoms with E-state index in [1.165, 1.54) is 6.08 Å². The van der Waals surface area contributed by atoms with Crippen molar-refractivity contribution in [2.75, 3.05) is 18.6 Å². The van der Waals surface area contributed by atoms with Gasteiger partial charge in [0.05, 0.1) is 30.7 Å². The summed E-state index contributed by atoms with van der Waals surface area (Å²) in [6, 6.07) is 15.3. The second-order valence-electron chi connectivity index (χ2n) is 9.34. The van der Waals surface area contributed by atoms with Crippen LogP contribution in [0.4, 0.5) is 5.69 Å². The minimum atomic E-state index is -1.60. The van der Waals surface area contributed by atoms with E-state index < -0.39 is 27.2 Å². The van der Waals surface area contributed by atoms with Crippen molar-refractivity contribution in [1.82, 2.24) is 4.31 Å². The number of benzene rings is 2. The minimum absolute atomic E-state index is 0.168. The summed E-state index contributed by atoms with van der Waals surface area (Å²) in [4.78, 5) is 28.1. The minimum Gasteiger partial charge on any atom is -0.497 e. The monoisotopic (exact) mass is 482 g/mol. The second kappa shape index (κ2) is 8.91. The molecule has 0 bridgehead atoms. The Morgan fingerprint density at radius 1 is 1.18 bits per heavy atom. The van der Waals surface area contributed by atoms with E-state index in [2.05, 4.69) is 0 Å². The Labute approximate surface area is 202 Å². The summed E-state index contributed by atoms with van der Waals surface area (Å²) in [5.41, 5.74) is 1.80. The van der Waals surface area contributed by atoms with Gasteiger partial charge >= 0.3 is 5.97 Å². The molecule has 1 spiro atoms. The van der Waals surface area contributed by atoms with Gasteiger partial charge in [0.25, 0.3) is 5.91 Å². The van der Waals surface area contributed by atoms with E-state index in [0.717, 1.165) is 16.8 Å². The van der Waals surface area contributed by atoms with Gasteiger partial charge in [-0.2, -0.15) is 0 Å². The summed E-state index contributed by atoms with van der Waals surface area (Å²) in [5.74, 6) is -0.0734. The lowest BCUT2D eigenvalue weighted by Crippen LogP contribution is -2.63. The number of hydrogen-bond donors (Lipinski definition) is 0. The topological polar surface area (TPSA) is 76.2 Å². The van der Waals surface area contributed by atoms with Crippen LogP contribution in [0, 0.1) is 0 Å². The highest BCUT2D eigenvalue weighted by Gasteiger charge is 2.64. The molecule has 180 valence electrons. The van der Waals surface area contributed by atoms with Crippen LogP contribution in [0.25, 0.3) is 0 Å². The maximum absolute atomic E-state index is 14.1. The summed E-state index contributed by atoms with van der Waals surface area (Å²) in [6.45, 7) is 7.90. The lowest BCUT2D eigenvalue weighted by atomic mass is 9.79. The van der Waals surface area contributed by atoms with Gasteiger partial charge in [-0.25, -0.2) is 9.00 Å². The molecule has 2 aromatic rings. The molecule has 1 amide bonds. The number of nitrogens with zero attached hydrogens (tertiary/aromatic N) is 2. The van der Waals surface area contributed by atoms with Crippen LogP contribution in [0.1, 0.15) is 45.2 Å². The molecule has 0 aliphatic carbocycles. The zero-order chi connectivity index (χ0) is 24.7. The number of carbonyl (C=O) groups is 2. The van der Waals surface area contributed by atoms with Gasteiger partial charge in [-0.3, -0.25) is 9.10 Å². The highest BCUT2D eigenvalue weighted by Crippen LogP contribution is 2.58. The number of fused-ring (bicyclic) bond motifs is 2. The van der Waals surface area contributed by atoms with E-state index in [1.54, 1.807) is 23.2 Å². The van der Waals surface area contributed by atoms with Crippen LogP contribution in [-0.4, -0.2) is 38.9 Å². The molecule has 8 heteroatoms. The molecule has 2 atom stereocenters. The lowest BCUT2D eigenvalue weighted by Gasteiger charge is -2.52. The van der Waals surface area contributed by atoms with Crippen LogP contribution in [-0.2, 0) is 37.4 Å². The predicted octanol–water partition coefficient (Wildman–Crippen LogP) is 4.05. The first-order valence-corrected chi connectivity index (χ1v) is 12.4. The highest BCUT2D eigenvalue weighted by atomic mass is 32.2. The van der Waals surface area contributed by atoms with Gasteiger partial charge in [-0.1, -0.05) is 30.3 Å². The molecular weight excluding hydrogens is 452 g/mol. The van der Waals surface area contributed by atoms with E-state index in [-0.39, 0.29) is 18.9 Å². The van der Waals surface area contributed by atoms with Crippen LogP contribution >= 0.6 is 0 Å². The number of amides is 1. The quantitative estimate of drug-likeness (QED) is 0.459. The van der Waals surface area contributed by atoms with E-state index in [9.17, 15) is 13.8 Å². The number of anilines is 1. The third kappa shape index (κ3) is 3.90. The van der Waals surface area contributed by atoms with E-state index in [4.69, 9.17) is 9.47 Å². The molecule has 7 nitrogen and oxygen atoms in total. The van der Waals surface area contributed by atoms with Gasteiger partial charge in [0.1, 0.15) is 16.7 Å². The molecule has 0 N–H and O–H groups in total. The predicted molar refractivity (Wildman–Crippen MR) is 131 cm³/mol. The van der Waals surface area contributed by atoms with Crippen molar-refractivity contribution in [2.24, 2.45) is 0 Å².